The van der Waals surface area contributed by atoms with Gasteiger partial charge in [0.05, 0.1) is 12.0 Å². The number of ketones is 1. The van der Waals surface area contributed by atoms with E-state index in [1.165, 1.54) is 0 Å². The smallest absolute Gasteiger partial charge is 0.273 e. The van der Waals surface area contributed by atoms with Crippen LogP contribution < -0.4 is 4.90 Å². The van der Waals surface area contributed by atoms with Crippen LogP contribution in [0.5, 0.6) is 0 Å². The lowest BCUT2D eigenvalue weighted by atomic mass is 9.85. The Morgan fingerprint density at radius 3 is 2.31 bits per heavy atom. The van der Waals surface area contributed by atoms with Gasteiger partial charge in [0, 0.05) is 27.8 Å². The van der Waals surface area contributed by atoms with Gasteiger partial charge in [-0.25, -0.2) is 0 Å². The highest BCUT2D eigenvalue weighted by atomic mass is 35.5. The van der Waals surface area contributed by atoms with Crippen molar-refractivity contribution in [2.75, 3.05) is 32.1 Å². The van der Waals surface area contributed by atoms with Crippen LogP contribution in [0.3, 0.4) is 0 Å². The van der Waals surface area contributed by atoms with E-state index in [1.807, 2.05) is 50.5 Å². The van der Waals surface area contributed by atoms with Gasteiger partial charge in [-0.1, -0.05) is 71.7 Å². The summed E-state index contributed by atoms with van der Waals surface area (Å²) in [6.07, 6.45) is 0.777. The average molecular weight is 508 g/mol. The molecule has 180 valence electrons. The van der Waals surface area contributed by atoms with Crippen molar-refractivity contribution in [1.82, 2.24) is 4.90 Å². The van der Waals surface area contributed by atoms with E-state index in [1.54, 1.807) is 47.4 Å². The van der Waals surface area contributed by atoms with Crippen molar-refractivity contribution in [2.24, 2.45) is 10.9 Å². The number of halogens is 2. The van der Waals surface area contributed by atoms with E-state index in [4.69, 9.17) is 28.2 Å². The van der Waals surface area contributed by atoms with E-state index in [2.05, 4.69) is 4.90 Å². The molecule has 0 aromatic heterocycles. The first-order chi connectivity index (χ1) is 16.9. The molecule has 1 aliphatic rings. The molecule has 1 amide bonds. The van der Waals surface area contributed by atoms with Crippen LogP contribution in [-0.4, -0.2) is 49.5 Å². The van der Waals surface area contributed by atoms with Crippen molar-refractivity contribution in [3.05, 3.63) is 100 Å². The number of amides is 1. The fourth-order valence-electron chi connectivity index (χ4n) is 4.39. The zero-order valence-corrected chi connectivity index (χ0v) is 21.2. The van der Waals surface area contributed by atoms with Crippen LogP contribution >= 0.6 is 23.2 Å². The van der Waals surface area contributed by atoms with Gasteiger partial charge in [0.25, 0.3) is 5.91 Å². The summed E-state index contributed by atoms with van der Waals surface area (Å²) in [6.45, 7) is 1.29. The van der Waals surface area contributed by atoms with Gasteiger partial charge < -0.3 is 4.90 Å². The predicted molar refractivity (Wildman–Crippen MR) is 143 cm³/mol. The van der Waals surface area contributed by atoms with Gasteiger partial charge in [-0.15, -0.1) is 0 Å². The summed E-state index contributed by atoms with van der Waals surface area (Å²) < 4.78 is 0. The highest BCUT2D eigenvalue weighted by molar-refractivity contribution is 6.51. The van der Waals surface area contributed by atoms with Gasteiger partial charge in [0.1, 0.15) is 5.71 Å². The maximum absolute atomic E-state index is 13.9. The Balaban J connectivity index is 1.86. The van der Waals surface area contributed by atoms with Gasteiger partial charge in [0.15, 0.2) is 5.78 Å². The molecule has 0 radical (unpaired) electrons. The molecule has 0 saturated carbocycles. The predicted octanol–water partition coefficient (Wildman–Crippen LogP) is 5.97. The summed E-state index contributed by atoms with van der Waals surface area (Å²) in [5, 5.41) is 1.09. The third kappa shape index (κ3) is 5.64. The molecule has 0 spiro atoms. The van der Waals surface area contributed by atoms with Crippen molar-refractivity contribution in [3.8, 4) is 0 Å². The Kier molecular flexibility index (Phi) is 8.01. The minimum atomic E-state index is -0.774. The molecule has 0 bridgehead atoms. The van der Waals surface area contributed by atoms with Gasteiger partial charge in [-0.05, 0) is 63.0 Å². The van der Waals surface area contributed by atoms with Crippen LogP contribution in [0.4, 0.5) is 5.69 Å². The first kappa shape index (κ1) is 25.1. The number of nitrogens with zero attached hydrogens (tertiary/aromatic N) is 3. The molecule has 1 saturated heterocycles. The molecule has 3 aromatic carbocycles. The van der Waals surface area contributed by atoms with Crippen molar-refractivity contribution >= 4 is 46.3 Å². The standard InChI is InChI=1S/C28H27Cl2N3O2/c1-32(2)17-7-16-31-25-24(27(34)20-8-4-3-5-9-20)26(19-12-14-21(29)15-13-19)33(28(25)35)23-11-6-10-22(30)18-23/h3-6,8-15,18,24,26H,7,16-17H2,1-2H3. The topological polar surface area (TPSA) is 53.0 Å². The van der Waals surface area contributed by atoms with Crippen LogP contribution in [0.15, 0.2) is 83.9 Å². The van der Waals surface area contributed by atoms with Gasteiger partial charge in [-0.2, -0.15) is 0 Å². The Hall–Kier alpha value is -2.99. The van der Waals surface area contributed by atoms with Crippen molar-refractivity contribution in [2.45, 2.75) is 12.5 Å². The number of carbonyl (C=O) groups excluding carboxylic acids is 2. The lowest BCUT2D eigenvalue weighted by Crippen LogP contribution is -2.30. The number of benzene rings is 3. The molecule has 1 aliphatic heterocycles. The second-order valence-corrected chi connectivity index (χ2v) is 9.66. The third-order valence-corrected chi connectivity index (χ3v) is 6.50. The highest BCUT2D eigenvalue weighted by Crippen LogP contribution is 2.42. The zero-order valence-electron chi connectivity index (χ0n) is 19.7. The highest BCUT2D eigenvalue weighted by Gasteiger charge is 2.50. The van der Waals surface area contributed by atoms with Crippen LogP contribution in [-0.2, 0) is 4.79 Å². The van der Waals surface area contributed by atoms with E-state index in [9.17, 15) is 9.59 Å². The van der Waals surface area contributed by atoms with Crippen molar-refractivity contribution in [1.29, 1.82) is 0 Å². The average Bonchev–Trinajstić information content (AvgIpc) is 3.14. The normalized spacial score (nSPS) is 19.1. The molecule has 2 unspecified atom stereocenters. The second kappa shape index (κ2) is 11.2. The van der Waals surface area contributed by atoms with Gasteiger partial charge in [-0.3, -0.25) is 19.5 Å². The first-order valence-corrected chi connectivity index (χ1v) is 12.3. The number of Topliss-reactive ketones (excluding diaryl/α,β-unsaturated/α-hetero) is 1. The van der Waals surface area contributed by atoms with Crippen LogP contribution in [0, 0.1) is 5.92 Å². The van der Waals surface area contributed by atoms with Crippen molar-refractivity contribution in [3.63, 3.8) is 0 Å². The molecule has 2 atom stereocenters. The maximum Gasteiger partial charge on any atom is 0.273 e. The fourth-order valence-corrected chi connectivity index (χ4v) is 4.70. The molecule has 7 heteroatoms. The Morgan fingerprint density at radius 2 is 1.66 bits per heavy atom. The lowest BCUT2D eigenvalue weighted by Gasteiger charge is -2.28. The summed E-state index contributed by atoms with van der Waals surface area (Å²) in [5.74, 6) is -1.20. The van der Waals surface area contributed by atoms with E-state index < -0.39 is 12.0 Å². The Bertz CT molecular complexity index is 1230. The number of anilines is 1. The molecule has 5 nitrogen and oxygen atoms in total. The summed E-state index contributed by atoms with van der Waals surface area (Å²) >= 11 is 12.5. The Morgan fingerprint density at radius 1 is 0.943 bits per heavy atom. The van der Waals surface area contributed by atoms with Crippen LogP contribution in [0.1, 0.15) is 28.4 Å². The molecule has 1 heterocycles. The van der Waals surface area contributed by atoms with E-state index >= 15 is 0 Å². The first-order valence-electron chi connectivity index (χ1n) is 11.5. The van der Waals surface area contributed by atoms with Crippen LogP contribution in [0.25, 0.3) is 0 Å². The summed E-state index contributed by atoms with van der Waals surface area (Å²) in [6, 6.07) is 22.9. The second-order valence-electron chi connectivity index (χ2n) is 8.78. The minimum absolute atomic E-state index is 0.144. The molecule has 0 aliphatic carbocycles. The third-order valence-electron chi connectivity index (χ3n) is 6.01. The number of hydrogen-bond donors (Lipinski definition) is 0. The van der Waals surface area contributed by atoms with E-state index in [-0.39, 0.29) is 17.4 Å². The fraction of sp³-hybridized carbons (Fsp3) is 0.250. The summed E-state index contributed by atoms with van der Waals surface area (Å²) in [4.78, 5) is 36.3. The molecule has 3 aromatic rings. The zero-order chi connectivity index (χ0) is 24.9. The SMILES string of the molecule is CN(C)CCCN=C1C(=O)N(c2cccc(Cl)c2)C(c2ccc(Cl)cc2)C1C(=O)c1ccccc1. The number of carbonyl (C=O) groups is 2. The number of rotatable bonds is 8. The van der Waals surface area contributed by atoms with Crippen LogP contribution in [0.2, 0.25) is 10.0 Å². The molecular formula is C28H27Cl2N3O2. The summed E-state index contributed by atoms with van der Waals surface area (Å²) in [5.41, 5.74) is 2.23. The van der Waals surface area contributed by atoms with E-state index in [0.717, 1.165) is 18.5 Å². The Labute approximate surface area is 216 Å². The molecule has 4 rings (SSSR count). The quantitative estimate of drug-likeness (QED) is 0.278. The lowest BCUT2D eigenvalue weighted by molar-refractivity contribution is -0.112. The number of aliphatic imine (C=N–C) groups is 1. The monoisotopic (exact) mass is 507 g/mol. The molecule has 1 fully saturated rings. The molecule has 0 N–H and O–H groups in total. The maximum atomic E-state index is 13.9. The van der Waals surface area contributed by atoms with Crippen molar-refractivity contribution < 1.29 is 9.59 Å². The molecule has 35 heavy (non-hydrogen) atoms. The summed E-state index contributed by atoms with van der Waals surface area (Å²) in [7, 11) is 3.99. The number of hydrogen-bond acceptors (Lipinski definition) is 4. The minimum Gasteiger partial charge on any atom is -0.309 e. The largest absolute Gasteiger partial charge is 0.309 e. The van der Waals surface area contributed by atoms with E-state index in [0.29, 0.717) is 27.8 Å². The van der Waals surface area contributed by atoms with Gasteiger partial charge in [0.2, 0.25) is 0 Å². The van der Waals surface area contributed by atoms with Gasteiger partial charge >= 0.3 is 0 Å². The molecular weight excluding hydrogens is 481 g/mol.